The standard InChI is InChI=1S/C20H25BrN2O2/c1-14(2)17-7-9-19(10-8-17)25-15(3)23-20(24)22-12-11-16-5-4-6-18(21)13-16/h4-10,13-15H,11-12H2,1-3H3,(H2,22,23,24). The number of carbonyl (C=O) groups excluding carboxylic acids is 1. The van der Waals surface area contributed by atoms with Gasteiger partial charge in [0.2, 0.25) is 0 Å². The summed E-state index contributed by atoms with van der Waals surface area (Å²) in [7, 11) is 0. The number of amides is 2. The molecule has 25 heavy (non-hydrogen) atoms. The number of benzene rings is 2. The Kier molecular flexibility index (Phi) is 7.31. The minimum atomic E-state index is -0.407. The van der Waals surface area contributed by atoms with Gasteiger partial charge in [-0.3, -0.25) is 0 Å². The van der Waals surface area contributed by atoms with Crippen molar-refractivity contribution < 1.29 is 9.53 Å². The third-order valence-corrected chi connectivity index (χ3v) is 4.28. The third kappa shape index (κ3) is 6.78. The first-order valence-corrected chi connectivity index (χ1v) is 9.29. The lowest BCUT2D eigenvalue weighted by atomic mass is 10.0. The van der Waals surface area contributed by atoms with Crippen molar-refractivity contribution in [2.24, 2.45) is 0 Å². The molecule has 2 N–H and O–H groups in total. The zero-order valence-electron chi connectivity index (χ0n) is 14.9. The number of hydrogen-bond donors (Lipinski definition) is 2. The van der Waals surface area contributed by atoms with Gasteiger partial charge in [-0.2, -0.15) is 0 Å². The van der Waals surface area contributed by atoms with Crippen LogP contribution in [0, 0.1) is 0 Å². The fourth-order valence-corrected chi connectivity index (χ4v) is 2.86. The van der Waals surface area contributed by atoms with Gasteiger partial charge in [-0.05, 0) is 54.7 Å². The van der Waals surface area contributed by atoms with Crippen LogP contribution < -0.4 is 15.4 Å². The van der Waals surface area contributed by atoms with Crippen LogP contribution in [0.15, 0.2) is 53.0 Å². The zero-order valence-corrected chi connectivity index (χ0v) is 16.5. The molecule has 4 nitrogen and oxygen atoms in total. The summed E-state index contributed by atoms with van der Waals surface area (Å²) in [4.78, 5) is 11.9. The molecule has 134 valence electrons. The van der Waals surface area contributed by atoms with Gasteiger partial charge in [-0.15, -0.1) is 0 Å². The van der Waals surface area contributed by atoms with E-state index in [-0.39, 0.29) is 6.03 Å². The van der Waals surface area contributed by atoms with Crippen LogP contribution in [0.3, 0.4) is 0 Å². The van der Waals surface area contributed by atoms with Crippen LogP contribution in [0.1, 0.15) is 37.8 Å². The van der Waals surface area contributed by atoms with E-state index in [9.17, 15) is 4.79 Å². The molecular formula is C20H25BrN2O2. The molecular weight excluding hydrogens is 380 g/mol. The maximum absolute atomic E-state index is 11.9. The number of hydrogen-bond acceptors (Lipinski definition) is 2. The Morgan fingerprint density at radius 2 is 1.84 bits per heavy atom. The second-order valence-corrected chi connectivity index (χ2v) is 7.18. The Morgan fingerprint density at radius 1 is 1.12 bits per heavy atom. The maximum atomic E-state index is 11.9. The summed E-state index contributed by atoms with van der Waals surface area (Å²) in [6, 6.07) is 15.8. The normalized spacial score (nSPS) is 11.9. The van der Waals surface area contributed by atoms with Crippen LogP contribution in [-0.4, -0.2) is 18.8 Å². The Morgan fingerprint density at radius 3 is 2.48 bits per heavy atom. The SMILES string of the molecule is CC(NC(=O)NCCc1cccc(Br)c1)Oc1ccc(C(C)C)cc1. The first-order valence-electron chi connectivity index (χ1n) is 8.49. The van der Waals surface area contributed by atoms with E-state index in [2.05, 4.69) is 40.4 Å². The van der Waals surface area contributed by atoms with Gasteiger partial charge < -0.3 is 15.4 Å². The minimum absolute atomic E-state index is 0.235. The molecule has 0 aliphatic heterocycles. The summed E-state index contributed by atoms with van der Waals surface area (Å²) in [5.41, 5.74) is 2.43. The zero-order chi connectivity index (χ0) is 18.2. The van der Waals surface area contributed by atoms with E-state index in [0.717, 1.165) is 16.6 Å². The number of nitrogens with one attached hydrogen (secondary N) is 2. The predicted octanol–water partition coefficient (Wildman–Crippen LogP) is 4.84. The van der Waals surface area contributed by atoms with Crippen molar-refractivity contribution in [2.45, 2.75) is 39.3 Å². The van der Waals surface area contributed by atoms with Gasteiger partial charge >= 0.3 is 6.03 Å². The number of halogens is 1. The van der Waals surface area contributed by atoms with E-state index in [1.54, 1.807) is 0 Å². The van der Waals surface area contributed by atoms with E-state index < -0.39 is 6.23 Å². The molecule has 2 rings (SSSR count). The summed E-state index contributed by atoms with van der Waals surface area (Å²) in [5.74, 6) is 1.23. The van der Waals surface area contributed by atoms with E-state index in [0.29, 0.717) is 12.5 Å². The summed E-state index contributed by atoms with van der Waals surface area (Å²) < 4.78 is 6.76. The molecule has 0 aliphatic rings. The van der Waals surface area contributed by atoms with Gasteiger partial charge in [-0.25, -0.2) is 4.79 Å². The first-order chi connectivity index (χ1) is 11.9. The van der Waals surface area contributed by atoms with Crippen LogP contribution in [0.5, 0.6) is 5.75 Å². The molecule has 0 radical (unpaired) electrons. The lowest BCUT2D eigenvalue weighted by Gasteiger charge is -2.17. The van der Waals surface area contributed by atoms with Gasteiger partial charge in [0.15, 0.2) is 6.23 Å². The van der Waals surface area contributed by atoms with Crippen LogP contribution in [0.25, 0.3) is 0 Å². The van der Waals surface area contributed by atoms with E-state index in [1.165, 1.54) is 11.1 Å². The first kappa shape index (κ1) is 19.3. The van der Waals surface area contributed by atoms with Crippen molar-refractivity contribution in [3.63, 3.8) is 0 Å². The minimum Gasteiger partial charge on any atom is -0.471 e. The summed E-state index contributed by atoms with van der Waals surface area (Å²) in [6.07, 6.45) is 0.370. The summed E-state index contributed by atoms with van der Waals surface area (Å²) in [5, 5.41) is 5.63. The number of carbonyl (C=O) groups is 1. The van der Waals surface area contributed by atoms with E-state index >= 15 is 0 Å². The molecule has 2 aromatic rings. The smallest absolute Gasteiger partial charge is 0.317 e. The van der Waals surface area contributed by atoms with Crippen LogP contribution in [0.4, 0.5) is 4.79 Å². The Bertz CT molecular complexity index is 686. The predicted molar refractivity (Wildman–Crippen MR) is 105 cm³/mol. The van der Waals surface area contributed by atoms with Gasteiger partial charge in [0, 0.05) is 11.0 Å². The highest BCUT2D eigenvalue weighted by molar-refractivity contribution is 9.10. The second-order valence-electron chi connectivity index (χ2n) is 6.26. The van der Waals surface area contributed by atoms with Crippen molar-refractivity contribution in [3.05, 3.63) is 64.1 Å². The van der Waals surface area contributed by atoms with Gasteiger partial charge in [0.05, 0.1) is 0 Å². The fraction of sp³-hybridized carbons (Fsp3) is 0.350. The molecule has 2 amide bonds. The molecule has 1 atom stereocenters. The van der Waals surface area contributed by atoms with Crippen LogP contribution >= 0.6 is 15.9 Å². The third-order valence-electron chi connectivity index (χ3n) is 3.78. The Balaban J connectivity index is 1.72. The molecule has 0 spiro atoms. The highest BCUT2D eigenvalue weighted by Gasteiger charge is 2.08. The lowest BCUT2D eigenvalue weighted by molar-refractivity contribution is 0.177. The molecule has 5 heteroatoms. The number of urea groups is 1. The fourth-order valence-electron chi connectivity index (χ4n) is 2.41. The van der Waals surface area contributed by atoms with Gasteiger partial charge in [-0.1, -0.05) is 54.0 Å². The molecule has 0 bridgehead atoms. The molecule has 2 aromatic carbocycles. The van der Waals surface area contributed by atoms with Crippen molar-refractivity contribution in [3.8, 4) is 5.75 Å². The average Bonchev–Trinajstić information content (AvgIpc) is 2.55. The van der Waals surface area contributed by atoms with E-state index in [1.807, 2.05) is 55.5 Å². The van der Waals surface area contributed by atoms with Crippen molar-refractivity contribution >= 4 is 22.0 Å². The monoisotopic (exact) mass is 404 g/mol. The van der Waals surface area contributed by atoms with Crippen LogP contribution in [-0.2, 0) is 6.42 Å². The molecule has 1 unspecified atom stereocenters. The lowest BCUT2D eigenvalue weighted by Crippen LogP contribution is -2.43. The van der Waals surface area contributed by atoms with Crippen molar-refractivity contribution in [1.29, 1.82) is 0 Å². The van der Waals surface area contributed by atoms with Crippen LogP contribution in [0.2, 0.25) is 0 Å². The second kappa shape index (κ2) is 9.47. The number of ether oxygens (including phenoxy) is 1. The quantitative estimate of drug-likeness (QED) is 0.648. The average molecular weight is 405 g/mol. The summed E-state index contributed by atoms with van der Waals surface area (Å²) >= 11 is 3.44. The topological polar surface area (TPSA) is 50.4 Å². The summed E-state index contributed by atoms with van der Waals surface area (Å²) in [6.45, 7) is 6.68. The molecule has 0 saturated carbocycles. The largest absolute Gasteiger partial charge is 0.471 e. The molecule has 0 fully saturated rings. The molecule has 0 aliphatic carbocycles. The van der Waals surface area contributed by atoms with Crippen molar-refractivity contribution in [2.75, 3.05) is 6.54 Å². The van der Waals surface area contributed by atoms with E-state index in [4.69, 9.17) is 4.74 Å². The van der Waals surface area contributed by atoms with Gasteiger partial charge in [0.1, 0.15) is 5.75 Å². The van der Waals surface area contributed by atoms with Crippen molar-refractivity contribution in [1.82, 2.24) is 10.6 Å². The molecule has 0 saturated heterocycles. The highest BCUT2D eigenvalue weighted by Crippen LogP contribution is 2.19. The Hall–Kier alpha value is -2.01. The molecule has 0 aromatic heterocycles. The highest BCUT2D eigenvalue weighted by atomic mass is 79.9. The molecule has 0 heterocycles. The Labute approximate surface area is 158 Å². The number of rotatable bonds is 7. The van der Waals surface area contributed by atoms with Gasteiger partial charge in [0.25, 0.3) is 0 Å². The maximum Gasteiger partial charge on any atom is 0.317 e.